The Labute approximate surface area is 115 Å². The molecule has 0 aromatic heterocycles. The maximum Gasteiger partial charge on any atom is 0.229 e. The predicted octanol–water partition coefficient (Wildman–Crippen LogP) is 1.88. The zero-order valence-corrected chi connectivity index (χ0v) is 12.4. The summed E-state index contributed by atoms with van der Waals surface area (Å²) in [5.74, 6) is 0. The summed E-state index contributed by atoms with van der Waals surface area (Å²) in [7, 11) is -3.30. The van der Waals surface area contributed by atoms with E-state index in [1.54, 1.807) is 18.2 Å². The van der Waals surface area contributed by atoms with Crippen LogP contribution in [0.1, 0.15) is 20.3 Å². The largest absolute Gasteiger partial charge is 0.396 e. The first-order valence-electron chi connectivity index (χ1n) is 6.21. The fraction of sp³-hybridized carbons (Fsp3) is 0.538. The summed E-state index contributed by atoms with van der Waals surface area (Å²) in [4.78, 5) is 0. The van der Waals surface area contributed by atoms with Crippen LogP contribution in [0.5, 0.6) is 0 Å². The molecule has 0 saturated heterocycles. The summed E-state index contributed by atoms with van der Waals surface area (Å²) in [5.41, 5.74) is 1.00. The van der Waals surface area contributed by atoms with Gasteiger partial charge in [-0.05, 0) is 18.6 Å². The van der Waals surface area contributed by atoms with Crippen molar-refractivity contribution in [1.29, 1.82) is 0 Å². The van der Waals surface area contributed by atoms with Gasteiger partial charge in [-0.25, -0.2) is 8.42 Å². The minimum absolute atomic E-state index is 0.0815. The molecule has 1 unspecified atom stereocenters. The summed E-state index contributed by atoms with van der Waals surface area (Å²) in [6.07, 6.45) is 1.95. The standard InChI is InChI=1S/C13H22N2O3S/c1-4-13(2,10-16)9-14-11-7-5-6-8-12(11)15-19(3,17)18/h5-8,14-16H,4,9-10H2,1-3H3. The molecule has 0 fully saturated rings. The van der Waals surface area contributed by atoms with E-state index in [4.69, 9.17) is 0 Å². The lowest BCUT2D eigenvalue weighted by molar-refractivity contribution is 0.149. The molecule has 108 valence electrons. The molecule has 0 radical (unpaired) electrons. The molecule has 0 spiro atoms. The van der Waals surface area contributed by atoms with E-state index in [0.717, 1.165) is 12.7 Å². The van der Waals surface area contributed by atoms with E-state index in [0.29, 0.717) is 17.9 Å². The van der Waals surface area contributed by atoms with E-state index in [2.05, 4.69) is 10.0 Å². The van der Waals surface area contributed by atoms with Crippen LogP contribution in [0.2, 0.25) is 0 Å². The summed E-state index contributed by atoms with van der Waals surface area (Å²) in [6.45, 7) is 4.64. The molecule has 0 aliphatic heterocycles. The van der Waals surface area contributed by atoms with Gasteiger partial charge in [0.1, 0.15) is 0 Å². The third kappa shape index (κ3) is 5.08. The Morgan fingerprint density at radius 3 is 2.32 bits per heavy atom. The van der Waals surface area contributed by atoms with Crippen LogP contribution in [0.4, 0.5) is 11.4 Å². The van der Waals surface area contributed by atoms with Crippen LogP contribution in [0.3, 0.4) is 0 Å². The Bertz CT molecular complexity index is 510. The van der Waals surface area contributed by atoms with Crippen LogP contribution < -0.4 is 10.0 Å². The van der Waals surface area contributed by atoms with Gasteiger partial charge in [-0.3, -0.25) is 4.72 Å². The minimum Gasteiger partial charge on any atom is -0.396 e. The number of aliphatic hydroxyl groups excluding tert-OH is 1. The maximum absolute atomic E-state index is 11.3. The van der Waals surface area contributed by atoms with Gasteiger partial charge in [0.25, 0.3) is 0 Å². The van der Waals surface area contributed by atoms with Crippen molar-refractivity contribution in [3.05, 3.63) is 24.3 Å². The molecule has 6 heteroatoms. The van der Waals surface area contributed by atoms with Gasteiger partial charge in [0, 0.05) is 12.0 Å². The molecular formula is C13H22N2O3S. The topological polar surface area (TPSA) is 78.4 Å². The molecule has 1 rings (SSSR count). The summed E-state index contributed by atoms with van der Waals surface area (Å²) in [5, 5.41) is 12.6. The lowest BCUT2D eigenvalue weighted by Crippen LogP contribution is -2.29. The second-order valence-corrected chi connectivity index (χ2v) is 6.84. The average Bonchev–Trinajstić information content (AvgIpc) is 2.35. The molecule has 0 bridgehead atoms. The molecule has 5 nitrogen and oxygen atoms in total. The van der Waals surface area contributed by atoms with Gasteiger partial charge in [0.15, 0.2) is 0 Å². The number of para-hydroxylation sites is 2. The van der Waals surface area contributed by atoms with Gasteiger partial charge in [-0.2, -0.15) is 0 Å². The first kappa shape index (κ1) is 15.8. The highest BCUT2D eigenvalue weighted by atomic mass is 32.2. The zero-order valence-electron chi connectivity index (χ0n) is 11.6. The molecule has 3 N–H and O–H groups in total. The fourth-order valence-electron chi connectivity index (χ4n) is 1.53. The fourth-order valence-corrected chi connectivity index (χ4v) is 2.10. The number of aliphatic hydroxyl groups is 1. The second-order valence-electron chi connectivity index (χ2n) is 5.10. The summed E-state index contributed by atoms with van der Waals surface area (Å²) >= 11 is 0. The molecule has 0 aliphatic rings. The van der Waals surface area contributed by atoms with E-state index < -0.39 is 10.0 Å². The predicted molar refractivity (Wildman–Crippen MR) is 78.9 cm³/mol. The number of sulfonamides is 1. The van der Waals surface area contributed by atoms with Crippen molar-refractivity contribution in [3.63, 3.8) is 0 Å². The Morgan fingerprint density at radius 1 is 1.26 bits per heavy atom. The number of nitrogens with one attached hydrogen (secondary N) is 2. The Morgan fingerprint density at radius 2 is 1.84 bits per heavy atom. The number of rotatable bonds is 7. The van der Waals surface area contributed by atoms with Crippen molar-refractivity contribution >= 4 is 21.4 Å². The monoisotopic (exact) mass is 286 g/mol. The minimum atomic E-state index is -3.30. The second kappa shape index (κ2) is 6.25. The lowest BCUT2D eigenvalue weighted by atomic mass is 9.88. The van der Waals surface area contributed by atoms with E-state index >= 15 is 0 Å². The molecule has 0 heterocycles. The Balaban J connectivity index is 2.84. The van der Waals surface area contributed by atoms with Gasteiger partial charge in [0.05, 0.1) is 24.2 Å². The SMILES string of the molecule is CCC(C)(CO)CNc1ccccc1NS(C)(=O)=O. The van der Waals surface area contributed by atoms with E-state index in [1.165, 1.54) is 0 Å². The van der Waals surface area contributed by atoms with E-state index in [9.17, 15) is 13.5 Å². The molecular weight excluding hydrogens is 264 g/mol. The molecule has 19 heavy (non-hydrogen) atoms. The smallest absolute Gasteiger partial charge is 0.229 e. The summed E-state index contributed by atoms with van der Waals surface area (Å²) < 4.78 is 25.0. The van der Waals surface area contributed by atoms with Crippen LogP contribution >= 0.6 is 0 Å². The number of hydrogen-bond acceptors (Lipinski definition) is 4. The number of anilines is 2. The van der Waals surface area contributed by atoms with Crippen molar-refractivity contribution in [2.45, 2.75) is 20.3 Å². The van der Waals surface area contributed by atoms with Crippen LogP contribution in [0.25, 0.3) is 0 Å². The van der Waals surface area contributed by atoms with Crippen molar-refractivity contribution in [1.82, 2.24) is 0 Å². The van der Waals surface area contributed by atoms with Gasteiger partial charge in [0.2, 0.25) is 10.0 Å². The maximum atomic E-state index is 11.3. The molecule has 0 amide bonds. The normalized spacial score (nSPS) is 14.7. The number of benzene rings is 1. The highest BCUT2D eigenvalue weighted by Crippen LogP contribution is 2.25. The Kier molecular flexibility index (Phi) is 5.20. The molecule has 1 aromatic rings. The molecule has 1 atom stereocenters. The molecule has 0 aliphatic carbocycles. The highest BCUT2D eigenvalue weighted by molar-refractivity contribution is 7.92. The Hall–Kier alpha value is -1.27. The quantitative estimate of drug-likeness (QED) is 0.715. The lowest BCUT2D eigenvalue weighted by Gasteiger charge is -2.27. The van der Waals surface area contributed by atoms with Crippen molar-refractivity contribution < 1.29 is 13.5 Å². The van der Waals surface area contributed by atoms with Crippen LogP contribution in [0.15, 0.2) is 24.3 Å². The van der Waals surface area contributed by atoms with Gasteiger partial charge in [-0.1, -0.05) is 26.0 Å². The first-order valence-corrected chi connectivity index (χ1v) is 8.10. The average molecular weight is 286 g/mol. The van der Waals surface area contributed by atoms with Crippen LogP contribution in [0, 0.1) is 5.41 Å². The highest BCUT2D eigenvalue weighted by Gasteiger charge is 2.21. The summed E-state index contributed by atoms with van der Waals surface area (Å²) in [6, 6.07) is 7.11. The van der Waals surface area contributed by atoms with Crippen LogP contribution in [-0.2, 0) is 10.0 Å². The van der Waals surface area contributed by atoms with E-state index in [1.807, 2.05) is 19.9 Å². The van der Waals surface area contributed by atoms with Crippen molar-refractivity contribution in [2.24, 2.45) is 5.41 Å². The van der Waals surface area contributed by atoms with E-state index in [-0.39, 0.29) is 12.0 Å². The third-order valence-corrected chi connectivity index (χ3v) is 3.75. The number of hydrogen-bond donors (Lipinski definition) is 3. The first-order chi connectivity index (χ1) is 8.79. The van der Waals surface area contributed by atoms with Crippen molar-refractivity contribution in [2.75, 3.05) is 29.4 Å². The van der Waals surface area contributed by atoms with Gasteiger partial charge < -0.3 is 10.4 Å². The zero-order chi connectivity index (χ0) is 14.5. The van der Waals surface area contributed by atoms with Gasteiger partial charge in [-0.15, -0.1) is 0 Å². The van der Waals surface area contributed by atoms with Crippen molar-refractivity contribution in [3.8, 4) is 0 Å². The van der Waals surface area contributed by atoms with Gasteiger partial charge >= 0.3 is 0 Å². The third-order valence-electron chi connectivity index (χ3n) is 3.16. The molecule has 0 saturated carbocycles. The molecule has 1 aromatic carbocycles. The van der Waals surface area contributed by atoms with Crippen LogP contribution in [-0.4, -0.2) is 32.9 Å².